The van der Waals surface area contributed by atoms with E-state index < -0.39 is 29.9 Å². The molecular weight excluding hydrogens is 214 g/mol. The molecule has 90 valence electrons. The van der Waals surface area contributed by atoms with Gasteiger partial charge in [-0.25, -0.2) is 4.79 Å². The van der Waals surface area contributed by atoms with E-state index in [1.807, 2.05) is 0 Å². The Bertz CT molecular complexity index is 314. The van der Waals surface area contributed by atoms with Gasteiger partial charge in [0.25, 0.3) is 0 Å². The fourth-order valence-electron chi connectivity index (χ4n) is 1.67. The van der Waals surface area contributed by atoms with Crippen molar-refractivity contribution in [2.75, 3.05) is 6.61 Å². The zero-order valence-corrected chi connectivity index (χ0v) is 9.30. The standard InChI is InChI=1S/C10H15NO5/c1-3-16-10(15)7-4-5-8(13)11(7)9(14)6(2)12/h7,9,14H,3-5H2,1-2H3. The molecule has 1 saturated heterocycles. The first kappa shape index (κ1) is 12.6. The van der Waals surface area contributed by atoms with E-state index in [-0.39, 0.29) is 19.4 Å². The molecule has 0 aromatic heterocycles. The molecular formula is C10H15NO5. The number of amides is 1. The third-order valence-electron chi connectivity index (χ3n) is 2.44. The van der Waals surface area contributed by atoms with Crippen LogP contribution in [0.4, 0.5) is 0 Å². The molecule has 0 radical (unpaired) electrons. The third kappa shape index (κ3) is 2.38. The molecule has 6 heteroatoms. The van der Waals surface area contributed by atoms with Gasteiger partial charge >= 0.3 is 5.97 Å². The molecule has 1 N–H and O–H groups in total. The number of ether oxygens (including phenoxy) is 1. The Morgan fingerprint density at radius 3 is 2.75 bits per heavy atom. The average molecular weight is 229 g/mol. The summed E-state index contributed by atoms with van der Waals surface area (Å²) in [6.45, 7) is 3.02. The highest BCUT2D eigenvalue weighted by Crippen LogP contribution is 2.22. The number of carbonyl (C=O) groups excluding carboxylic acids is 3. The first-order valence-electron chi connectivity index (χ1n) is 5.15. The van der Waals surface area contributed by atoms with Gasteiger partial charge in [0.05, 0.1) is 6.61 Å². The summed E-state index contributed by atoms with van der Waals surface area (Å²) in [7, 11) is 0. The SMILES string of the molecule is CCOC(=O)C1CCC(=O)N1C(O)C(C)=O. The molecule has 2 atom stereocenters. The fraction of sp³-hybridized carbons (Fsp3) is 0.700. The molecule has 1 amide bonds. The maximum absolute atomic E-state index is 11.5. The van der Waals surface area contributed by atoms with Crippen molar-refractivity contribution in [3.8, 4) is 0 Å². The first-order chi connectivity index (χ1) is 7.49. The van der Waals surface area contributed by atoms with Gasteiger partial charge < -0.3 is 9.84 Å². The van der Waals surface area contributed by atoms with E-state index in [0.29, 0.717) is 0 Å². The molecule has 0 aliphatic carbocycles. The third-order valence-corrected chi connectivity index (χ3v) is 2.44. The smallest absolute Gasteiger partial charge is 0.328 e. The molecule has 1 aliphatic heterocycles. The van der Waals surface area contributed by atoms with E-state index in [4.69, 9.17) is 4.74 Å². The molecule has 1 fully saturated rings. The Kier molecular flexibility index (Phi) is 4.00. The summed E-state index contributed by atoms with van der Waals surface area (Å²) in [6.07, 6.45) is -1.13. The van der Waals surface area contributed by atoms with Crippen molar-refractivity contribution >= 4 is 17.7 Å². The predicted molar refractivity (Wildman–Crippen MR) is 53.2 cm³/mol. The Hall–Kier alpha value is -1.43. The number of hydrogen-bond donors (Lipinski definition) is 1. The summed E-state index contributed by atoms with van der Waals surface area (Å²) < 4.78 is 4.78. The van der Waals surface area contributed by atoms with Crippen LogP contribution >= 0.6 is 0 Å². The van der Waals surface area contributed by atoms with Crippen molar-refractivity contribution in [1.29, 1.82) is 0 Å². The van der Waals surface area contributed by atoms with Crippen LogP contribution in [-0.4, -0.2) is 46.5 Å². The Morgan fingerprint density at radius 1 is 1.62 bits per heavy atom. The summed E-state index contributed by atoms with van der Waals surface area (Å²) >= 11 is 0. The van der Waals surface area contributed by atoms with Gasteiger partial charge in [0.2, 0.25) is 5.91 Å². The number of hydrogen-bond acceptors (Lipinski definition) is 5. The van der Waals surface area contributed by atoms with Crippen LogP contribution in [-0.2, 0) is 19.1 Å². The maximum Gasteiger partial charge on any atom is 0.328 e. The van der Waals surface area contributed by atoms with Gasteiger partial charge in [-0.15, -0.1) is 0 Å². The summed E-state index contributed by atoms with van der Waals surface area (Å²) in [6, 6.07) is -0.841. The second-order valence-corrected chi connectivity index (χ2v) is 3.59. The van der Waals surface area contributed by atoms with Crippen LogP contribution in [0.15, 0.2) is 0 Å². The molecule has 1 heterocycles. The van der Waals surface area contributed by atoms with Crippen LogP contribution < -0.4 is 0 Å². The summed E-state index contributed by atoms with van der Waals surface area (Å²) in [5.41, 5.74) is 0. The van der Waals surface area contributed by atoms with Gasteiger partial charge in [0, 0.05) is 6.42 Å². The maximum atomic E-state index is 11.5. The van der Waals surface area contributed by atoms with Gasteiger partial charge in [-0.2, -0.15) is 0 Å². The number of aliphatic hydroxyl groups is 1. The van der Waals surface area contributed by atoms with Gasteiger partial charge in [-0.3, -0.25) is 14.5 Å². The molecule has 0 spiro atoms. The van der Waals surface area contributed by atoms with Crippen molar-refractivity contribution in [1.82, 2.24) is 4.90 Å². The zero-order chi connectivity index (χ0) is 12.3. The molecule has 0 aromatic rings. The molecule has 0 saturated carbocycles. The molecule has 6 nitrogen and oxygen atoms in total. The van der Waals surface area contributed by atoms with Crippen molar-refractivity contribution in [3.63, 3.8) is 0 Å². The second-order valence-electron chi connectivity index (χ2n) is 3.59. The van der Waals surface area contributed by atoms with E-state index in [1.54, 1.807) is 6.92 Å². The van der Waals surface area contributed by atoms with Crippen molar-refractivity contribution in [3.05, 3.63) is 0 Å². The second kappa shape index (κ2) is 5.07. The van der Waals surface area contributed by atoms with Crippen LogP contribution in [0.25, 0.3) is 0 Å². The van der Waals surface area contributed by atoms with Crippen LogP contribution in [0.1, 0.15) is 26.7 Å². The minimum Gasteiger partial charge on any atom is -0.464 e. The number of esters is 1. The molecule has 1 aliphatic rings. The minimum atomic E-state index is -1.55. The quantitative estimate of drug-likeness (QED) is 0.654. The lowest BCUT2D eigenvalue weighted by Gasteiger charge is -2.26. The number of likely N-dealkylation sites (tertiary alicyclic amines) is 1. The highest BCUT2D eigenvalue weighted by Gasteiger charge is 2.42. The van der Waals surface area contributed by atoms with Crippen LogP contribution in [0.5, 0.6) is 0 Å². The first-order valence-corrected chi connectivity index (χ1v) is 5.15. The number of aliphatic hydroxyl groups excluding tert-OH is 1. The largest absolute Gasteiger partial charge is 0.464 e. The monoisotopic (exact) mass is 229 g/mol. The van der Waals surface area contributed by atoms with Crippen molar-refractivity contribution in [2.45, 2.75) is 39.0 Å². The highest BCUT2D eigenvalue weighted by atomic mass is 16.5. The molecule has 0 bridgehead atoms. The van der Waals surface area contributed by atoms with E-state index >= 15 is 0 Å². The topological polar surface area (TPSA) is 83.9 Å². The number of nitrogens with zero attached hydrogens (tertiary/aromatic N) is 1. The van der Waals surface area contributed by atoms with E-state index in [9.17, 15) is 19.5 Å². The number of rotatable bonds is 4. The van der Waals surface area contributed by atoms with Crippen LogP contribution in [0.2, 0.25) is 0 Å². The van der Waals surface area contributed by atoms with Crippen molar-refractivity contribution in [2.24, 2.45) is 0 Å². The fourth-order valence-corrected chi connectivity index (χ4v) is 1.67. The summed E-state index contributed by atoms with van der Waals surface area (Å²) in [5, 5.41) is 9.53. The highest BCUT2D eigenvalue weighted by molar-refractivity contribution is 5.92. The normalized spacial score (nSPS) is 22.1. The summed E-state index contributed by atoms with van der Waals surface area (Å²) in [4.78, 5) is 34.8. The average Bonchev–Trinajstić information content (AvgIpc) is 2.59. The Morgan fingerprint density at radius 2 is 2.25 bits per heavy atom. The molecule has 1 rings (SSSR count). The summed E-state index contributed by atoms with van der Waals surface area (Å²) in [5.74, 6) is -1.54. The minimum absolute atomic E-state index is 0.147. The van der Waals surface area contributed by atoms with Gasteiger partial charge in [0.1, 0.15) is 6.04 Å². The Labute approximate surface area is 93.2 Å². The number of ketones is 1. The molecule has 16 heavy (non-hydrogen) atoms. The lowest BCUT2D eigenvalue weighted by Crippen LogP contribution is -2.49. The van der Waals surface area contributed by atoms with Crippen molar-refractivity contribution < 1.29 is 24.2 Å². The van der Waals surface area contributed by atoms with Gasteiger partial charge in [-0.1, -0.05) is 0 Å². The van der Waals surface area contributed by atoms with Crippen LogP contribution in [0.3, 0.4) is 0 Å². The zero-order valence-electron chi connectivity index (χ0n) is 9.30. The lowest BCUT2D eigenvalue weighted by atomic mass is 10.2. The number of Topliss-reactive ketones (excluding diaryl/α,β-unsaturated/α-hetero) is 1. The van der Waals surface area contributed by atoms with E-state index in [0.717, 1.165) is 4.90 Å². The van der Waals surface area contributed by atoms with E-state index in [2.05, 4.69) is 0 Å². The van der Waals surface area contributed by atoms with Crippen LogP contribution in [0, 0.1) is 0 Å². The predicted octanol–water partition coefficient (Wildman–Crippen LogP) is -0.552. The van der Waals surface area contributed by atoms with Gasteiger partial charge in [-0.05, 0) is 20.3 Å². The van der Waals surface area contributed by atoms with Gasteiger partial charge in [0.15, 0.2) is 12.0 Å². The lowest BCUT2D eigenvalue weighted by molar-refractivity contribution is -0.161. The number of carbonyl (C=O) groups is 3. The molecule has 2 unspecified atom stereocenters. The molecule has 0 aromatic carbocycles. The van der Waals surface area contributed by atoms with E-state index in [1.165, 1.54) is 6.92 Å². The Balaban J connectivity index is 2.81.